The number of rotatable bonds is 6. The largest absolute Gasteiger partial charge is 0.490 e. The van der Waals surface area contributed by atoms with Gasteiger partial charge in [-0.3, -0.25) is 10.1 Å². The third kappa shape index (κ3) is 3.41. The van der Waals surface area contributed by atoms with E-state index in [0.717, 1.165) is 17.1 Å². The van der Waals surface area contributed by atoms with E-state index < -0.39 is 4.92 Å². The number of hydrogen-bond acceptors (Lipinski definition) is 6. The Bertz CT molecular complexity index is 557. The van der Waals surface area contributed by atoms with E-state index in [2.05, 4.69) is 10.3 Å². The van der Waals surface area contributed by atoms with Crippen molar-refractivity contribution in [1.29, 1.82) is 0 Å². The van der Waals surface area contributed by atoms with E-state index in [9.17, 15) is 10.1 Å². The van der Waals surface area contributed by atoms with Gasteiger partial charge in [0, 0.05) is 42.4 Å². The third-order valence-electron chi connectivity index (χ3n) is 2.53. The van der Waals surface area contributed by atoms with Crippen LogP contribution in [0.2, 0.25) is 0 Å². The smallest absolute Gasteiger partial charge is 0.311 e. The fourth-order valence-corrected chi connectivity index (χ4v) is 2.25. The number of aromatic nitrogens is 1. The molecule has 0 spiro atoms. The minimum Gasteiger partial charge on any atom is -0.490 e. The van der Waals surface area contributed by atoms with E-state index in [1.165, 1.54) is 13.2 Å². The SMILES string of the molecule is COc1cc(NCCc2nccs2)ccc1[N+](=O)[O-]. The summed E-state index contributed by atoms with van der Waals surface area (Å²) in [7, 11) is 1.42. The maximum Gasteiger partial charge on any atom is 0.311 e. The van der Waals surface area contributed by atoms with Crippen molar-refractivity contribution in [3.05, 3.63) is 44.9 Å². The van der Waals surface area contributed by atoms with Crippen LogP contribution in [-0.2, 0) is 6.42 Å². The Hall–Kier alpha value is -2.15. The molecule has 0 aliphatic heterocycles. The zero-order chi connectivity index (χ0) is 13.7. The van der Waals surface area contributed by atoms with E-state index in [0.29, 0.717) is 6.54 Å². The summed E-state index contributed by atoms with van der Waals surface area (Å²) in [6, 6.07) is 4.73. The van der Waals surface area contributed by atoms with Crippen molar-refractivity contribution in [2.45, 2.75) is 6.42 Å². The van der Waals surface area contributed by atoms with Gasteiger partial charge in [-0.15, -0.1) is 11.3 Å². The van der Waals surface area contributed by atoms with Gasteiger partial charge >= 0.3 is 5.69 Å². The van der Waals surface area contributed by atoms with Crippen molar-refractivity contribution in [2.24, 2.45) is 0 Å². The molecule has 0 saturated carbocycles. The Labute approximate surface area is 114 Å². The minimum absolute atomic E-state index is 0.0343. The van der Waals surface area contributed by atoms with E-state index >= 15 is 0 Å². The van der Waals surface area contributed by atoms with E-state index in [4.69, 9.17) is 4.74 Å². The Kier molecular flexibility index (Phi) is 4.30. The van der Waals surface area contributed by atoms with Gasteiger partial charge < -0.3 is 10.1 Å². The monoisotopic (exact) mass is 279 g/mol. The van der Waals surface area contributed by atoms with E-state index in [1.807, 2.05) is 5.38 Å². The molecular formula is C12H13N3O3S. The second kappa shape index (κ2) is 6.14. The van der Waals surface area contributed by atoms with Crippen LogP contribution in [0, 0.1) is 10.1 Å². The van der Waals surface area contributed by atoms with Gasteiger partial charge in [-0.05, 0) is 6.07 Å². The molecule has 0 unspecified atom stereocenters. The van der Waals surface area contributed by atoms with Gasteiger partial charge in [0.15, 0.2) is 5.75 Å². The molecule has 0 radical (unpaired) electrons. The molecule has 100 valence electrons. The highest BCUT2D eigenvalue weighted by atomic mass is 32.1. The highest BCUT2D eigenvalue weighted by Gasteiger charge is 2.14. The summed E-state index contributed by atoms with van der Waals surface area (Å²) in [6.07, 6.45) is 2.59. The maximum absolute atomic E-state index is 10.8. The molecular weight excluding hydrogens is 266 g/mol. The molecule has 1 heterocycles. The first-order valence-corrected chi connectivity index (χ1v) is 6.53. The number of hydrogen-bond donors (Lipinski definition) is 1. The lowest BCUT2D eigenvalue weighted by Crippen LogP contribution is -2.05. The standard InChI is InChI=1S/C12H13N3O3S/c1-18-11-8-9(2-3-10(11)15(16)17)13-5-4-12-14-6-7-19-12/h2-3,6-8,13H,4-5H2,1H3. The number of methoxy groups -OCH3 is 1. The molecule has 0 atom stereocenters. The Morgan fingerprint density at radius 2 is 2.37 bits per heavy atom. The quantitative estimate of drug-likeness (QED) is 0.649. The molecule has 0 aliphatic carbocycles. The molecule has 19 heavy (non-hydrogen) atoms. The Morgan fingerprint density at radius 1 is 1.53 bits per heavy atom. The molecule has 0 amide bonds. The first-order valence-electron chi connectivity index (χ1n) is 5.65. The van der Waals surface area contributed by atoms with Gasteiger partial charge in [-0.2, -0.15) is 0 Å². The third-order valence-corrected chi connectivity index (χ3v) is 3.37. The van der Waals surface area contributed by atoms with Gasteiger partial charge in [0.25, 0.3) is 0 Å². The van der Waals surface area contributed by atoms with Crippen LogP contribution in [0.15, 0.2) is 29.8 Å². The maximum atomic E-state index is 10.8. The molecule has 2 aromatic rings. The van der Waals surface area contributed by atoms with E-state index in [1.54, 1.807) is 29.7 Å². The Morgan fingerprint density at radius 3 is 3.00 bits per heavy atom. The van der Waals surface area contributed by atoms with Crippen molar-refractivity contribution < 1.29 is 9.66 Å². The normalized spacial score (nSPS) is 10.2. The summed E-state index contributed by atoms with van der Waals surface area (Å²) >= 11 is 1.61. The van der Waals surface area contributed by atoms with Gasteiger partial charge in [0.2, 0.25) is 0 Å². The van der Waals surface area contributed by atoms with Gasteiger partial charge in [0.05, 0.1) is 17.0 Å². The highest BCUT2D eigenvalue weighted by molar-refractivity contribution is 7.09. The molecule has 6 nitrogen and oxygen atoms in total. The minimum atomic E-state index is -0.460. The lowest BCUT2D eigenvalue weighted by atomic mass is 10.2. The summed E-state index contributed by atoms with van der Waals surface area (Å²) in [5.74, 6) is 0.254. The predicted molar refractivity (Wildman–Crippen MR) is 74.0 cm³/mol. The first-order chi connectivity index (χ1) is 9.20. The molecule has 7 heteroatoms. The van der Waals surface area contributed by atoms with Gasteiger partial charge in [-0.1, -0.05) is 0 Å². The number of nitrogens with one attached hydrogen (secondary N) is 1. The fraction of sp³-hybridized carbons (Fsp3) is 0.250. The van der Waals surface area contributed by atoms with Crippen molar-refractivity contribution in [3.8, 4) is 5.75 Å². The number of benzene rings is 1. The van der Waals surface area contributed by atoms with Gasteiger partial charge in [-0.25, -0.2) is 4.98 Å². The number of ether oxygens (including phenoxy) is 1. The number of nitrogens with zero attached hydrogens (tertiary/aromatic N) is 2. The van der Waals surface area contributed by atoms with Crippen molar-refractivity contribution >= 4 is 22.7 Å². The Balaban J connectivity index is 1.99. The molecule has 1 N–H and O–H groups in total. The number of thiazole rings is 1. The van der Waals surface area contributed by atoms with E-state index in [-0.39, 0.29) is 11.4 Å². The highest BCUT2D eigenvalue weighted by Crippen LogP contribution is 2.29. The predicted octanol–water partition coefficient (Wildman–Crippen LogP) is 2.71. The van der Waals surface area contributed by atoms with Gasteiger partial charge in [0.1, 0.15) is 0 Å². The topological polar surface area (TPSA) is 77.3 Å². The van der Waals surface area contributed by atoms with Crippen molar-refractivity contribution in [2.75, 3.05) is 19.0 Å². The average Bonchev–Trinajstić information content (AvgIpc) is 2.91. The second-order valence-electron chi connectivity index (χ2n) is 3.75. The lowest BCUT2D eigenvalue weighted by molar-refractivity contribution is -0.385. The molecule has 1 aromatic carbocycles. The number of nitro benzene ring substituents is 1. The van der Waals surface area contributed by atoms with Crippen LogP contribution < -0.4 is 10.1 Å². The zero-order valence-electron chi connectivity index (χ0n) is 10.3. The summed E-state index contributed by atoms with van der Waals surface area (Å²) in [5.41, 5.74) is 0.756. The summed E-state index contributed by atoms with van der Waals surface area (Å²) < 4.78 is 5.01. The first kappa shape index (κ1) is 13.3. The summed E-state index contributed by atoms with van der Waals surface area (Å²) in [5, 5.41) is 16.9. The average molecular weight is 279 g/mol. The lowest BCUT2D eigenvalue weighted by Gasteiger charge is -2.07. The zero-order valence-corrected chi connectivity index (χ0v) is 11.1. The van der Waals surface area contributed by atoms with Crippen LogP contribution in [0.5, 0.6) is 5.75 Å². The fourth-order valence-electron chi connectivity index (χ4n) is 1.63. The molecule has 0 saturated heterocycles. The molecule has 2 rings (SSSR count). The summed E-state index contributed by atoms with van der Waals surface area (Å²) in [4.78, 5) is 14.5. The molecule has 0 aliphatic rings. The van der Waals surface area contributed by atoms with Crippen LogP contribution in [-0.4, -0.2) is 23.6 Å². The van der Waals surface area contributed by atoms with Crippen LogP contribution in [0.1, 0.15) is 5.01 Å². The molecule has 0 bridgehead atoms. The van der Waals surface area contributed by atoms with Crippen LogP contribution in [0.3, 0.4) is 0 Å². The van der Waals surface area contributed by atoms with Crippen LogP contribution >= 0.6 is 11.3 Å². The van der Waals surface area contributed by atoms with Crippen molar-refractivity contribution in [1.82, 2.24) is 4.98 Å². The van der Waals surface area contributed by atoms with Crippen LogP contribution in [0.25, 0.3) is 0 Å². The van der Waals surface area contributed by atoms with Crippen LogP contribution in [0.4, 0.5) is 11.4 Å². The number of anilines is 1. The molecule has 1 aromatic heterocycles. The second-order valence-corrected chi connectivity index (χ2v) is 4.73. The molecule has 0 fully saturated rings. The number of nitro groups is 1. The van der Waals surface area contributed by atoms with Crippen molar-refractivity contribution in [3.63, 3.8) is 0 Å². The summed E-state index contributed by atoms with van der Waals surface area (Å²) in [6.45, 7) is 0.717.